The monoisotopic (exact) mass is 263 g/mol. The Morgan fingerprint density at radius 2 is 2.11 bits per heavy atom. The van der Waals surface area contributed by atoms with Gasteiger partial charge in [0.2, 0.25) is 0 Å². The second-order valence-corrected chi connectivity index (χ2v) is 6.24. The number of nitrogens with zero attached hydrogens (tertiary/aromatic N) is 2. The van der Waals surface area contributed by atoms with Crippen molar-refractivity contribution in [3.05, 3.63) is 18.2 Å². The Morgan fingerprint density at radius 1 is 1.37 bits per heavy atom. The molecule has 19 heavy (non-hydrogen) atoms. The van der Waals surface area contributed by atoms with Gasteiger partial charge in [0.1, 0.15) is 5.82 Å². The highest BCUT2D eigenvalue weighted by atomic mass is 15.0. The van der Waals surface area contributed by atoms with Crippen LogP contribution >= 0.6 is 0 Å². The van der Waals surface area contributed by atoms with Crippen molar-refractivity contribution >= 4 is 0 Å². The maximum Gasteiger partial charge on any atom is 0.109 e. The molecule has 108 valence electrons. The van der Waals surface area contributed by atoms with Gasteiger partial charge in [-0.15, -0.1) is 0 Å². The van der Waals surface area contributed by atoms with Gasteiger partial charge < -0.3 is 9.88 Å². The number of nitrogens with one attached hydrogen (secondary N) is 1. The van der Waals surface area contributed by atoms with Crippen molar-refractivity contribution in [2.24, 2.45) is 18.9 Å². The van der Waals surface area contributed by atoms with Crippen molar-refractivity contribution in [2.45, 2.75) is 58.4 Å². The van der Waals surface area contributed by atoms with E-state index in [0.29, 0.717) is 6.04 Å². The van der Waals surface area contributed by atoms with Crippen LogP contribution in [-0.4, -0.2) is 22.1 Å². The predicted octanol–water partition coefficient (Wildman–Crippen LogP) is 3.16. The molecule has 2 rings (SSSR count). The fourth-order valence-corrected chi connectivity index (χ4v) is 3.21. The molecule has 1 atom stereocenters. The Kier molecular flexibility index (Phi) is 5.44. The third-order valence-electron chi connectivity index (χ3n) is 4.61. The highest BCUT2D eigenvalue weighted by molar-refractivity contribution is 4.96. The highest BCUT2D eigenvalue weighted by Crippen LogP contribution is 2.31. The van der Waals surface area contributed by atoms with Crippen molar-refractivity contribution in [1.82, 2.24) is 14.9 Å². The summed E-state index contributed by atoms with van der Waals surface area (Å²) < 4.78 is 2.16. The first kappa shape index (κ1) is 14.6. The van der Waals surface area contributed by atoms with Crippen LogP contribution in [0.4, 0.5) is 0 Å². The molecule has 0 saturated heterocycles. The minimum absolute atomic E-state index is 0.605. The maximum atomic E-state index is 4.50. The van der Waals surface area contributed by atoms with Gasteiger partial charge in [0.25, 0.3) is 0 Å². The Balaban J connectivity index is 1.97. The van der Waals surface area contributed by atoms with Crippen LogP contribution in [-0.2, 0) is 13.5 Å². The summed E-state index contributed by atoms with van der Waals surface area (Å²) in [7, 11) is 2.10. The van der Waals surface area contributed by atoms with Crippen molar-refractivity contribution in [1.29, 1.82) is 0 Å². The topological polar surface area (TPSA) is 29.9 Å². The first-order valence-corrected chi connectivity index (χ1v) is 7.90. The van der Waals surface area contributed by atoms with E-state index in [4.69, 9.17) is 0 Å². The minimum atomic E-state index is 0.605. The zero-order chi connectivity index (χ0) is 13.7. The maximum absolute atomic E-state index is 4.50. The molecule has 0 spiro atoms. The largest absolute Gasteiger partial charge is 0.338 e. The molecule has 0 aromatic carbocycles. The average Bonchev–Trinajstić information content (AvgIpc) is 2.81. The van der Waals surface area contributed by atoms with E-state index in [9.17, 15) is 0 Å². The average molecular weight is 263 g/mol. The standard InChI is InChI=1S/C16H29N3/c1-4-9-17-15(12-16-18-10-11-19(16)3)14-7-5-13(2)6-8-14/h10-11,13-15,17H,4-9,12H2,1-3H3. The zero-order valence-corrected chi connectivity index (χ0v) is 12.7. The van der Waals surface area contributed by atoms with Crippen LogP contribution in [0.3, 0.4) is 0 Å². The molecule has 1 aliphatic rings. The highest BCUT2D eigenvalue weighted by Gasteiger charge is 2.26. The van der Waals surface area contributed by atoms with Gasteiger partial charge in [0.15, 0.2) is 0 Å². The van der Waals surface area contributed by atoms with Crippen LogP contribution < -0.4 is 5.32 Å². The fraction of sp³-hybridized carbons (Fsp3) is 0.812. The van der Waals surface area contributed by atoms with Crippen LogP contribution in [0.2, 0.25) is 0 Å². The van der Waals surface area contributed by atoms with Gasteiger partial charge >= 0.3 is 0 Å². The van der Waals surface area contributed by atoms with Gasteiger partial charge in [-0.05, 0) is 37.6 Å². The first-order chi connectivity index (χ1) is 9.20. The molecule has 3 nitrogen and oxygen atoms in total. The van der Waals surface area contributed by atoms with E-state index in [-0.39, 0.29) is 0 Å². The first-order valence-electron chi connectivity index (χ1n) is 7.90. The van der Waals surface area contributed by atoms with E-state index in [0.717, 1.165) is 24.8 Å². The molecular formula is C16H29N3. The molecule has 3 heteroatoms. The lowest BCUT2D eigenvalue weighted by atomic mass is 9.78. The van der Waals surface area contributed by atoms with Gasteiger partial charge in [-0.3, -0.25) is 0 Å². The van der Waals surface area contributed by atoms with E-state index in [2.05, 4.69) is 42.0 Å². The molecule has 1 N–H and O–H groups in total. The minimum Gasteiger partial charge on any atom is -0.338 e. The number of hydrogen-bond acceptors (Lipinski definition) is 2. The Bertz CT molecular complexity index is 364. The van der Waals surface area contributed by atoms with Crippen LogP contribution in [0, 0.1) is 11.8 Å². The van der Waals surface area contributed by atoms with Crippen molar-refractivity contribution in [3.8, 4) is 0 Å². The molecule has 1 heterocycles. The number of aryl methyl sites for hydroxylation is 1. The van der Waals surface area contributed by atoms with Crippen LogP contribution in [0.5, 0.6) is 0 Å². The van der Waals surface area contributed by atoms with Crippen LogP contribution in [0.15, 0.2) is 12.4 Å². The zero-order valence-electron chi connectivity index (χ0n) is 12.7. The fourth-order valence-electron chi connectivity index (χ4n) is 3.21. The molecule has 1 fully saturated rings. The normalized spacial score (nSPS) is 25.4. The molecule has 1 aromatic heterocycles. The third kappa shape index (κ3) is 4.07. The quantitative estimate of drug-likeness (QED) is 0.854. The number of hydrogen-bond donors (Lipinski definition) is 1. The summed E-state index contributed by atoms with van der Waals surface area (Å²) in [5.74, 6) is 2.97. The third-order valence-corrected chi connectivity index (χ3v) is 4.61. The smallest absolute Gasteiger partial charge is 0.109 e. The number of rotatable bonds is 6. The van der Waals surface area contributed by atoms with Crippen LogP contribution in [0.25, 0.3) is 0 Å². The molecule has 1 unspecified atom stereocenters. The molecule has 0 aliphatic heterocycles. The number of aromatic nitrogens is 2. The van der Waals surface area contributed by atoms with Gasteiger partial charge in [0, 0.05) is 31.9 Å². The molecule has 0 radical (unpaired) electrons. The Hall–Kier alpha value is -0.830. The van der Waals surface area contributed by atoms with Gasteiger partial charge in [0.05, 0.1) is 0 Å². The van der Waals surface area contributed by atoms with E-state index < -0.39 is 0 Å². The summed E-state index contributed by atoms with van der Waals surface area (Å²) in [6, 6.07) is 0.605. The van der Waals surface area contributed by atoms with Gasteiger partial charge in [-0.25, -0.2) is 4.98 Å². The van der Waals surface area contributed by atoms with E-state index >= 15 is 0 Å². The second-order valence-electron chi connectivity index (χ2n) is 6.24. The lowest BCUT2D eigenvalue weighted by molar-refractivity contribution is 0.226. The summed E-state index contributed by atoms with van der Waals surface area (Å²) in [6.07, 6.45) is 11.8. The summed E-state index contributed by atoms with van der Waals surface area (Å²) >= 11 is 0. The van der Waals surface area contributed by atoms with Crippen LogP contribution in [0.1, 0.15) is 51.8 Å². The SMILES string of the molecule is CCCNC(Cc1nccn1C)C1CCC(C)CC1. The molecule has 0 amide bonds. The predicted molar refractivity (Wildman–Crippen MR) is 80.1 cm³/mol. The van der Waals surface area contributed by atoms with E-state index in [1.807, 2.05) is 6.20 Å². The van der Waals surface area contributed by atoms with Gasteiger partial charge in [-0.2, -0.15) is 0 Å². The summed E-state index contributed by atoms with van der Waals surface area (Å²) in [4.78, 5) is 4.50. The summed E-state index contributed by atoms with van der Waals surface area (Å²) in [5, 5.41) is 3.77. The molecule has 1 aliphatic carbocycles. The summed E-state index contributed by atoms with van der Waals surface area (Å²) in [5.41, 5.74) is 0. The van der Waals surface area contributed by atoms with E-state index in [1.165, 1.54) is 37.9 Å². The van der Waals surface area contributed by atoms with Crippen molar-refractivity contribution < 1.29 is 0 Å². The number of imidazole rings is 1. The van der Waals surface area contributed by atoms with E-state index in [1.54, 1.807) is 0 Å². The van der Waals surface area contributed by atoms with Crippen molar-refractivity contribution in [3.63, 3.8) is 0 Å². The molecule has 1 aromatic rings. The molecule has 1 saturated carbocycles. The lowest BCUT2D eigenvalue weighted by Gasteiger charge is -2.33. The molecular weight excluding hydrogens is 234 g/mol. The van der Waals surface area contributed by atoms with Gasteiger partial charge in [-0.1, -0.05) is 26.7 Å². The molecule has 0 bridgehead atoms. The second kappa shape index (κ2) is 7.09. The Morgan fingerprint density at radius 3 is 2.68 bits per heavy atom. The Labute approximate surface area is 117 Å². The lowest BCUT2D eigenvalue weighted by Crippen LogP contribution is -2.40. The summed E-state index contributed by atoms with van der Waals surface area (Å²) in [6.45, 7) is 5.76. The van der Waals surface area contributed by atoms with Crippen molar-refractivity contribution in [2.75, 3.05) is 6.54 Å².